The lowest BCUT2D eigenvalue weighted by Crippen LogP contribution is -1.97. The Bertz CT molecular complexity index is 2240. The molecule has 0 aliphatic carbocycles. The second kappa shape index (κ2) is 8.73. The first-order valence-electron chi connectivity index (χ1n) is 13.4. The van der Waals surface area contributed by atoms with Crippen LogP contribution in [-0.2, 0) is 0 Å². The Hall–Kier alpha value is -5.59. The highest BCUT2D eigenvalue weighted by molar-refractivity contribution is 6.17. The van der Waals surface area contributed by atoms with Crippen molar-refractivity contribution in [1.82, 2.24) is 9.13 Å². The summed E-state index contributed by atoms with van der Waals surface area (Å²) in [6.45, 7) is 7.56. The van der Waals surface area contributed by atoms with Gasteiger partial charge in [0.25, 0.3) is 0 Å². The summed E-state index contributed by atoms with van der Waals surface area (Å²) in [5, 5.41) is 4.91. The van der Waals surface area contributed by atoms with Crippen LogP contribution in [-0.4, -0.2) is 9.13 Å². The predicted molar refractivity (Wildman–Crippen MR) is 167 cm³/mol. The van der Waals surface area contributed by atoms with Crippen LogP contribution in [0.25, 0.3) is 71.0 Å². The van der Waals surface area contributed by atoms with Crippen molar-refractivity contribution >= 4 is 49.3 Å². The largest absolute Gasteiger partial charge is 0.310 e. The molecule has 0 fully saturated rings. The van der Waals surface area contributed by atoms with Crippen molar-refractivity contribution in [1.29, 1.82) is 0 Å². The molecule has 40 heavy (non-hydrogen) atoms. The number of nitrogens with zero attached hydrogens (tertiary/aromatic N) is 3. The van der Waals surface area contributed by atoms with Gasteiger partial charge in [0, 0.05) is 32.8 Å². The standard InChI is InChI=1S/C37H23N3/c1-38-25-12-10-13-26(24-25)39-35-22-9-5-17-31(35)37-30(18-11-23-36(37)39)29-16-4-8-21-34(29)40-32-19-6-2-14-27(32)28-15-3-7-20-33(28)40/h2-24H. The van der Waals surface area contributed by atoms with Gasteiger partial charge in [0.1, 0.15) is 0 Å². The summed E-state index contributed by atoms with van der Waals surface area (Å²) < 4.78 is 4.68. The lowest BCUT2D eigenvalue weighted by Gasteiger charge is -2.15. The molecule has 8 rings (SSSR count). The van der Waals surface area contributed by atoms with Gasteiger partial charge >= 0.3 is 0 Å². The van der Waals surface area contributed by atoms with Gasteiger partial charge in [0.15, 0.2) is 5.69 Å². The molecule has 6 aromatic carbocycles. The minimum atomic E-state index is 0.635. The highest BCUT2D eigenvalue weighted by Gasteiger charge is 2.19. The van der Waals surface area contributed by atoms with E-state index in [4.69, 9.17) is 6.57 Å². The van der Waals surface area contributed by atoms with Crippen molar-refractivity contribution in [3.05, 3.63) is 151 Å². The number of rotatable bonds is 3. The highest BCUT2D eigenvalue weighted by Crippen LogP contribution is 2.42. The molecule has 0 radical (unpaired) electrons. The molecule has 0 aliphatic rings. The van der Waals surface area contributed by atoms with Crippen molar-refractivity contribution in [2.75, 3.05) is 0 Å². The Balaban J connectivity index is 1.48. The zero-order valence-electron chi connectivity index (χ0n) is 21.6. The van der Waals surface area contributed by atoms with Crippen LogP contribution in [0.3, 0.4) is 0 Å². The molecule has 186 valence electrons. The number of benzene rings is 6. The third-order valence-electron chi connectivity index (χ3n) is 7.93. The van der Waals surface area contributed by atoms with Crippen LogP contribution >= 0.6 is 0 Å². The second-order valence-electron chi connectivity index (χ2n) is 10.1. The van der Waals surface area contributed by atoms with Crippen LogP contribution in [0.15, 0.2) is 140 Å². The number of fused-ring (bicyclic) bond motifs is 6. The van der Waals surface area contributed by atoms with Gasteiger partial charge in [-0.25, -0.2) is 4.85 Å². The van der Waals surface area contributed by atoms with Gasteiger partial charge in [-0.2, -0.15) is 0 Å². The van der Waals surface area contributed by atoms with E-state index in [2.05, 4.69) is 135 Å². The predicted octanol–water partition coefficient (Wildman–Crippen LogP) is 10.1. The normalized spacial score (nSPS) is 11.5. The van der Waals surface area contributed by atoms with Crippen molar-refractivity contribution in [2.45, 2.75) is 0 Å². The molecule has 3 heteroatoms. The summed E-state index contributed by atoms with van der Waals surface area (Å²) in [5.41, 5.74) is 9.79. The topological polar surface area (TPSA) is 14.2 Å². The van der Waals surface area contributed by atoms with E-state index >= 15 is 0 Å². The Morgan fingerprint density at radius 2 is 1.00 bits per heavy atom. The summed E-state index contributed by atoms with van der Waals surface area (Å²) in [4.78, 5) is 3.69. The Labute approximate surface area is 231 Å². The van der Waals surface area contributed by atoms with Crippen LogP contribution in [0.2, 0.25) is 0 Å². The molecule has 0 N–H and O–H groups in total. The van der Waals surface area contributed by atoms with E-state index < -0.39 is 0 Å². The zero-order valence-corrected chi connectivity index (χ0v) is 21.6. The van der Waals surface area contributed by atoms with E-state index in [0.717, 1.165) is 22.4 Å². The van der Waals surface area contributed by atoms with Crippen LogP contribution < -0.4 is 0 Å². The fourth-order valence-electron chi connectivity index (χ4n) is 6.30. The third kappa shape index (κ3) is 3.17. The first kappa shape index (κ1) is 22.4. The molecule has 2 aromatic heterocycles. The van der Waals surface area contributed by atoms with Gasteiger partial charge in [0.05, 0.1) is 34.3 Å². The SMILES string of the molecule is [C-]#[N+]c1cccc(-n2c3ccccc3c3c(-c4ccccc4-n4c5ccccc5c5ccccc54)cccc32)c1. The van der Waals surface area contributed by atoms with Gasteiger partial charge in [-0.1, -0.05) is 97.1 Å². The summed E-state index contributed by atoms with van der Waals surface area (Å²) in [5.74, 6) is 0. The van der Waals surface area contributed by atoms with Crippen molar-refractivity contribution in [3.8, 4) is 22.5 Å². The fraction of sp³-hybridized carbons (Fsp3) is 0. The van der Waals surface area contributed by atoms with Gasteiger partial charge in [0.2, 0.25) is 0 Å². The minimum Gasteiger partial charge on any atom is -0.310 e. The average Bonchev–Trinajstić information content (AvgIpc) is 3.54. The molecule has 3 nitrogen and oxygen atoms in total. The highest BCUT2D eigenvalue weighted by atomic mass is 15.0. The van der Waals surface area contributed by atoms with Crippen LogP contribution in [0.1, 0.15) is 0 Å². The number of aromatic nitrogens is 2. The maximum atomic E-state index is 7.56. The molecule has 2 heterocycles. The van der Waals surface area contributed by atoms with Crippen LogP contribution in [0.4, 0.5) is 5.69 Å². The molecule has 0 unspecified atom stereocenters. The van der Waals surface area contributed by atoms with Gasteiger partial charge in [-0.3, -0.25) is 0 Å². The van der Waals surface area contributed by atoms with Gasteiger partial charge in [-0.05, 0) is 48.0 Å². The summed E-state index contributed by atoms with van der Waals surface area (Å²) in [6, 6.07) is 49.0. The van der Waals surface area contributed by atoms with E-state index in [1.54, 1.807) is 0 Å². The zero-order chi connectivity index (χ0) is 26.6. The molecule has 0 atom stereocenters. The van der Waals surface area contributed by atoms with E-state index in [-0.39, 0.29) is 0 Å². The smallest absolute Gasteiger partial charge is 0.189 e. The molecule has 0 saturated heterocycles. The van der Waals surface area contributed by atoms with Crippen molar-refractivity contribution in [3.63, 3.8) is 0 Å². The molecule has 0 spiro atoms. The van der Waals surface area contributed by atoms with E-state index in [1.165, 1.54) is 43.7 Å². The number of para-hydroxylation sites is 4. The lowest BCUT2D eigenvalue weighted by molar-refractivity contribution is 1.18. The summed E-state index contributed by atoms with van der Waals surface area (Å²) in [6.07, 6.45) is 0. The summed E-state index contributed by atoms with van der Waals surface area (Å²) >= 11 is 0. The average molecular weight is 510 g/mol. The fourth-order valence-corrected chi connectivity index (χ4v) is 6.30. The number of hydrogen-bond donors (Lipinski definition) is 0. The molecule has 8 aromatic rings. The Morgan fingerprint density at radius 1 is 0.450 bits per heavy atom. The Morgan fingerprint density at radius 3 is 1.73 bits per heavy atom. The molecule has 0 saturated carbocycles. The van der Waals surface area contributed by atoms with Crippen molar-refractivity contribution in [2.24, 2.45) is 0 Å². The van der Waals surface area contributed by atoms with E-state index in [0.29, 0.717) is 5.69 Å². The third-order valence-corrected chi connectivity index (χ3v) is 7.93. The second-order valence-corrected chi connectivity index (χ2v) is 10.1. The maximum absolute atomic E-state index is 7.56. The van der Waals surface area contributed by atoms with E-state index in [9.17, 15) is 0 Å². The van der Waals surface area contributed by atoms with Crippen LogP contribution in [0, 0.1) is 6.57 Å². The lowest BCUT2D eigenvalue weighted by atomic mass is 9.97. The molecular weight excluding hydrogens is 486 g/mol. The monoisotopic (exact) mass is 509 g/mol. The first-order chi connectivity index (χ1) is 19.8. The first-order valence-corrected chi connectivity index (χ1v) is 13.4. The molecule has 0 aliphatic heterocycles. The summed E-state index contributed by atoms with van der Waals surface area (Å²) in [7, 11) is 0. The van der Waals surface area contributed by atoms with Crippen LogP contribution in [0.5, 0.6) is 0 Å². The van der Waals surface area contributed by atoms with E-state index in [1.807, 2.05) is 18.2 Å². The molecule has 0 amide bonds. The van der Waals surface area contributed by atoms with Gasteiger partial charge < -0.3 is 9.13 Å². The molecular formula is C37H23N3. The Kier molecular flexibility index (Phi) is 4.89. The van der Waals surface area contributed by atoms with Crippen molar-refractivity contribution < 1.29 is 0 Å². The molecule has 0 bridgehead atoms. The quantitative estimate of drug-likeness (QED) is 0.210. The van der Waals surface area contributed by atoms with Gasteiger partial charge in [-0.15, -0.1) is 0 Å². The number of hydrogen-bond acceptors (Lipinski definition) is 0. The maximum Gasteiger partial charge on any atom is 0.189 e. The minimum absolute atomic E-state index is 0.635.